The van der Waals surface area contributed by atoms with E-state index in [0.717, 1.165) is 44.9 Å². The van der Waals surface area contributed by atoms with Gasteiger partial charge in [0.1, 0.15) is 5.78 Å². The molecule has 0 heterocycles. The number of Topliss-reactive ketones (excluding diaryl/α,β-unsaturated/α-hetero) is 1. The number of fused-ring (bicyclic) bond motifs is 1. The Labute approximate surface area is 158 Å². The number of hydrogen-bond acceptors (Lipinski definition) is 3. The highest BCUT2D eigenvalue weighted by atomic mass is 16.5. The molecule has 0 aromatic carbocycles. The van der Waals surface area contributed by atoms with Crippen LogP contribution in [0.4, 0.5) is 0 Å². The zero-order chi connectivity index (χ0) is 19.1. The van der Waals surface area contributed by atoms with Crippen LogP contribution >= 0.6 is 0 Å². The summed E-state index contributed by atoms with van der Waals surface area (Å²) >= 11 is 0. The number of esters is 1. The summed E-state index contributed by atoms with van der Waals surface area (Å²) in [6.45, 7) is 11.0. The molecule has 5 atom stereocenters. The molecule has 0 spiro atoms. The van der Waals surface area contributed by atoms with E-state index in [4.69, 9.17) is 4.74 Å². The van der Waals surface area contributed by atoms with E-state index in [1.54, 1.807) is 0 Å². The minimum Gasteiger partial charge on any atom is -0.469 e. The molecule has 0 aliphatic heterocycles. The molecule has 26 heavy (non-hydrogen) atoms. The number of allylic oxidation sites excluding steroid dienone is 3. The van der Waals surface area contributed by atoms with Crippen LogP contribution in [-0.4, -0.2) is 18.9 Å². The van der Waals surface area contributed by atoms with Crippen molar-refractivity contribution in [2.45, 2.75) is 72.1 Å². The maximum absolute atomic E-state index is 12.7. The van der Waals surface area contributed by atoms with E-state index >= 15 is 0 Å². The molecule has 0 saturated heterocycles. The van der Waals surface area contributed by atoms with Gasteiger partial charge in [-0.2, -0.15) is 0 Å². The Morgan fingerprint density at radius 1 is 1.31 bits per heavy atom. The van der Waals surface area contributed by atoms with E-state index in [-0.39, 0.29) is 17.3 Å². The monoisotopic (exact) mass is 358 g/mol. The molecule has 0 aromatic rings. The number of carbonyl (C=O) groups is 2. The number of rotatable bonds is 3. The van der Waals surface area contributed by atoms with Crippen LogP contribution in [0.15, 0.2) is 23.8 Å². The Kier molecular flexibility index (Phi) is 5.20. The average molecular weight is 359 g/mol. The Morgan fingerprint density at radius 3 is 2.69 bits per heavy atom. The van der Waals surface area contributed by atoms with Crippen LogP contribution in [0.2, 0.25) is 0 Å². The van der Waals surface area contributed by atoms with E-state index < -0.39 is 5.41 Å². The quantitative estimate of drug-likeness (QED) is 0.511. The second-order valence-electron chi connectivity index (χ2n) is 9.31. The van der Waals surface area contributed by atoms with Gasteiger partial charge in [-0.3, -0.25) is 9.59 Å². The largest absolute Gasteiger partial charge is 0.469 e. The van der Waals surface area contributed by atoms with Gasteiger partial charge in [-0.1, -0.05) is 37.1 Å². The van der Waals surface area contributed by atoms with E-state index in [0.29, 0.717) is 24.0 Å². The molecule has 3 nitrogen and oxygen atoms in total. The van der Waals surface area contributed by atoms with Crippen molar-refractivity contribution in [3.8, 4) is 0 Å². The van der Waals surface area contributed by atoms with Crippen LogP contribution < -0.4 is 0 Å². The molecule has 2 fully saturated rings. The van der Waals surface area contributed by atoms with Crippen molar-refractivity contribution < 1.29 is 14.3 Å². The molecule has 3 aliphatic carbocycles. The predicted molar refractivity (Wildman–Crippen MR) is 104 cm³/mol. The lowest BCUT2D eigenvalue weighted by molar-refractivity contribution is -0.168. The maximum atomic E-state index is 12.7. The van der Waals surface area contributed by atoms with Gasteiger partial charge in [0.05, 0.1) is 12.5 Å². The fourth-order valence-corrected chi connectivity index (χ4v) is 6.43. The summed E-state index contributed by atoms with van der Waals surface area (Å²) in [5.41, 5.74) is 2.12. The summed E-state index contributed by atoms with van der Waals surface area (Å²) in [7, 11) is 1.51. The average Bonchev–Trinajstić information content (AvgIpc) is 2.59. The molecule has 0 amide bonds. The molecule has 3 heteroatoms. The fourth-order valence-electron chi connectivity index (χ4n) is 6.43. The van der Waals surface area contributed by atoms with Gasteiger partial charge in [-0.05, 0) is 69.6 Å². The molecular formula is C23H34O3. The minimum absolute atomic E-state index is 0.0224. The van der Waals surface area contributed by atoms with Crippen LogP contribution in [0.5, 0.6) is 0 Å². The predicted octanol–water partition coefficient (Wildman–Crippen LogP) is 5.25. The molecule has 0 N–H and O–H groups in total. The van der Waals surface area contributed by atoms with Gasteiger partial charge in [-0.15, -0.1) is 0 Å². The first-order valence-corrected chi connectivity index (χ1v) is 10.2. The zero-order valence-electron chi connectivity index (χ0n) is 16.9. The normalized spacial score (nSPS) is 40.6. The Hall–Kier alpha value is -1.38. The van der Waals surface area contributed by atoms with Gasteiger partial charge >= 0.3 is 5.97 Å². The topological polar surface area (TPSA) is 43.4 Å². The third-order valence-electron chi connectivity index (χ3n) is 7.94. The van der Waals surface area contributed by atoms with Crippen LogP contribution in [0, 0.1) is 28.6 Å². The number of methoxy groups -OCH3 is 1. The summed E-state index contributed by atoms with van der Waals surface area (Å²) in [6, 6.07) is 0. The lowest BCUT2D eigenvalue weighted by Gasteiger charge is -2.58. The SMILES string of the molecule is C=C1CC[C@@H]2[C@](C)(CCC[C@]2(C)C(=O)OC)[C@H]1CC1C(=O)CCC=C1C. The summed E-state index contributed by atoms with van der Waals surface area (Å²) in [5, 5.41) is 0. The van der Waals surface area contributed by atoms with Crippen molar-refractivity contribution in [1.29, 1.82) is 0 Å². The van der Waals surface area contributed by atoms with E-state index in [9.17, 15) is 9.59 Å². The van der Waals surface area contributed by atoms with Crippen LogP contribution in [0.3, 0.4) is 0 Å². The number of carbonyl (C=O) groups excluding carboxylic acids is 2. The number of hydrogen-bond donors (Lipinski definition) is 0. The standard InChI is InChI=1S/C23H34O3/c1-15-8-6-9-19(24)17(15)14-18-16(2)10-11-20-22(18,3)12-7-13-23(20,4)21(25)26-5/h8,17-18,20H,2,6-7,9-14H2,1,3-5H3/t17?,18-,20+,22+,23-/m0/s1. The van der Waals surface area contributed by atoms with Gasteiger partial charge in [-0.25, -0.2) is 0 Å². The summed E-state index contributed by atoms with van der Waals surface area (Å²) in [5.74, 6) is 0.961. The highest BCUT2D eigenvalue weighted by molar-refractivity contribution is 5.85. The number of ether oxygens (including phenoxy) is 1. The van der Waals surface area contributed by atoms with Crippen molar-refractivity contribution >= 4 is 11.8 Å². The lowest BCUT2D eigenvalue weighted by atomic mass is 9.46. The maximum Gasteiger partial charge on any atom is 0.311 e. The first kappa shape index (κ1) is 19.4. The van der Waals surface area contributed by atoms with Gasteiger partial charge in [0.15, 0.2) is 0 Å². The number of ketones is 1. The summed E-state index contributed by atoms with van der Waals surface area (Å²) in [4.78, 5) is 25.2. The van der Waals surface area contributed by atoms with Crippen molar-refractivity contribution in [3.05, 3.63) is 23.8 Å². The molecule has 0 radical (unpaired) electrons. The Morgan fingerprint density at radius 2 is 2.04 bits per heavy atom. The molecule has 0 bridgehead atoms. The van der Waals surface area contributed by atoms with Crippen molar-refractivity contribution in [3.63, 3.8) is 0 Å². The molecule has 2 saturated carbocycles. The third-order valence-corrected chi connectivity index (χ3v) is 7.94. The second kappa shape index (κ2) is 6.98. The minimum atomic E-state index is -0.415. The van der Waals surface area contributed by atoms with Crippen molar-refractivity contribution in [2.75, 3.05) is 7.11 Å². The van der Waals surface area contributed by atoms with Gasteiger partial charge in [0, 0.05) is 12.3 Å². The van der Waals surface area contributed by atoms with Crippen LogP contribution in [-0.2, 0) is 14.3 Å². The molecule has 3 rings (SSSR count). The highest BCUT2D eigenvalue weighted by Gasteiger charge is 2.58. The summed E-state index contributed by atoms with van der Waals surface area (Å²) in [6.07, 6.45) is 9.66. The van der Waals surface area contributed by atoms with Crippen molar-refractivity contribution in [1.82, 2.24) is 0 Å². The summed E-state index contributed by atoms with van der Waals surface area (Å²) < 4.78 is 5.21. The highest BCUT2D eigenvalue weighted by Crippen LogP contribution is 2.62. The molecule has 144 valence electrons. The Balaban J connectivity index is 1.93. The van der Waals surface area contributed by atoms with Gasteiger partial charge in [0.2, 0.25) is 0 Å². The van der Waals surface area contributed by atoms with Crippen LogP contribution in [0.25, 0.3) is 0 Å². The van der Waals surface area contributed by atoms with Crippen molar-refractivity contribution in [2.24, 2.45) is 28.6 Å². The smallest absolute Gasteiger partial charge is 0.311 e. The molecule has 3 aliphatic rings. The van der Waals surface area contributed by atoms with Crippen LogP contribution in [0.1, 0.15) is 72.1 Å². The first-order valence-electron chi connectivity index (χ1n) is 10.2. The van der Waals surface area contributed by atoms with E-state index in [1.807, 2.05) is 0 Å². The molecular weight excluding hydrogens is 324 g/mol. The molecule has 1 unspecified atom stereocenters. The second-order valence-corrected chi connectivity index (χ2v) is 9.31. The van der Waals surface area contributed by atoms with Gasteiger partial charge < -0.3 is 4.74 Å². The third kappa shape index (κ3) is 2.97. The van der Waals surface area contributed by atoms with Gasteiger partial charge in [0.25, 0.3) is 0 Å². The fraction of sp³-hybridized carbons (Fsp3) is 0.739. The molecule has 0 aromatic heterocycles. The Bertz CT molecular complexity index is 646. The van der Waals surface area contributed by atoms with E-state index in [1.165, 1.54) is 18.3 Å². The van der Waals surface area contributed by atoms with E-state index in [2.05, 4.69) is 33.4 Å². The zero-order valence-corrected chi connectivity index (χ0v) is 16.9. The first-order chi connectivity index (χ1) is 12.2. The lowest BCUT2D eigenvalue weighted by Crippen LogP contribution is -2.54.